The van der Waals surface area contributed by atoms with Gasteiger partial charge >= 0.3 is 21.7 Å². The molecule has 2 rings (SSSR count). The van der Waals surface area contributed by atoms with E-state index in [-0.39, 0.29) is 77.9 Å². The summed E-state index contributed by atoms with van der Waals surface area (Å²) in [7, 11) is 0. The maximum Gasteiger partial charge on any atom is 2.00 e. The third-order valence-corrected chi connectivity index (χ3v) is 3.42. The van der Waals surface area contributed by atoms with Crippen LogP contribution >= 0.6 is 0 Å². The molecule has 0 bridgehead atoms. The average Bonchev–Trinajstić information content (AvgIpc) is 2.50. The zero-order chi connectivity index (χ0) is 15.0. The molecule has 0 aliphatic heterocycles. The predicted molar refractivity (Wildman–Crippen MR) is 106 cm³/mol. The van der Waals surface area contributed by atoms with Gasteiger partial charge in [-0.3, -0.25) is 0 Å². The van der Waals surface area contributed by atoms with Gasteiger partial charge in [-0.1, -0.05) is 58.7 Å². The summed E-state index contributed by atoms with van der Waals surface area (Å²) < 4.78 is 0. The number of aryl methyl sites for hydroxylation is 5. The fourth-order valence-corrected chi connectivity index (χ4v) is 2.32. The molecule has 1 nitrogen and oxygen atoms in total. The standard InChI is InChI=1S/C14H17.C4H10N.2CH3.2ClH.Si.Ti/c1-8-6-10(3)14-12(5)9(2)7-13(14)11(8)4;1-4(2,3)5;;;;;;/h6-7H,1-5H3;5H,1-3H3;2*1H3;2*1H;;/q4*-1;;;;+2/p-2. The Balaban J connectivity index is -0.0000000743. The summed E-state index contributed by atoms with van der Waals surface area (Å²) >= 11 is 0. The van der Waals surface area contributed by atoms with E-state index in [1.165, 1.54) is 38.6 Å². The second-order valence-corrected chi connectivity index (χ2v) is 6.63. The minimum atomic E-state index is -0.250. The van der Waals surface area contributed by atoms with E-state index in [1.54, 1.807) is 0 Å². The van der Waals surface area contributed by atoms with Gasteiger partial charge in [-0.2, -0.15) is 5.56 Å². The summed E-state index contributed by atoms with van der Waals surface area (Å²) in [5.41, 5.74) is 13.8. The number of fused-ring (bicyclic) bond motifs is 1. The van der Waals surface area contributed by atoms with Gasteiger partial charge in [0.25, 0.3) is 0 Å². The normalized spacial score (nSPS) is 8.68. The molecule has 0 atom stereocenters. The van der Waals surface area contributed by atoms with Crippen LogP contribution in [0.1, 0.15) is 48.6 Å². The molecule has 5 heteroatoms. The van der Waals surface area contributed by atoms with Crippen LogP contribution in [0.4, 0.5) is 0 Å². The Morgan fingerprint density at radius 1 is 0.840 bits per heavy atom. The van der Waals surface area contributed by atoms with Crippen molar-refractivity contribution in [2.24, 2.45) is 0 Å². The molecule has 0 spiro atoms. The van der Waals surface area contributed by atoms with Gasteiger partial charge in [0.15, 0.2) is 0 Å². The number of nitrogens with one attached hydrogen (secondary N) is 1. The molecule has 0 aliphatic rings. The Hall–Kier alpha value is 0.301. The predicted octanol–water partition coefficient (Wildman–Crippen LogP) is 0.463. The van der Waals surface area contributed by atoms with E-state index in [0.717, 1.165) is 0 Å². The summed E-state index contributed by atoms with van der Waals surface area (Å²) in [6, 6.07) is 4.62. The Morgan fingerprint density at radius 2 is 1.20 bits per heavy atom. The van der Waals surface area contributed by atoms with Crippen LogP contribution in [0.3, 0.4) is 0 Å². The number of hydrogen-bond acceptors (Lipinski definition) is 0. The van der Waals surface area contributed by atoms with Crippen molar-refractivity contribution in [1.82, 2.24) is 0 Å². The van der Waals surface area contributed by atoms with Crippen LogP contribution in [0.2, 0.25) is 0 Å². The van der Waals surface area contributed by atoms with E-state index >= 15 is 0 Å². The van der Waals surface area contributed by atoms with Crippen molar-refractivity contribution in [1.29, 1.82) is 0 Å². The van der Waals surface area contributed by atoms with E-state index in [0.29, 0.717) is 0 Å². The zero-order valence-corrected chi connectivity index (χ0v) is 21.5. The topological polar surface area (TPSA) is 23.8 Å². The quantitative estimate of drug-likeness (QED) is 0.425. The Morgan fingerprint density at radius 3 is 1.56 bits per heavy atom. The molecular formula is C20H33Cl2NSiTi-4. The van der Waals surface area contributed by atoms with Gasteiger partial charge in [0.2, 0.25) is 0 Å². The number of rotatable bonds is 0. The molecule has 1 N–H and O–H groups in total. The van der Waals surface area contributed by atoms with Crippen molar-refractivity contribution >= 4 is 21.7 Å². The van der Waals surface area contributed by atoms with Crippen molar-refractivity contribution in [2.75, 3.05) is 0 Å². The Kier molecular flexibility index (Phi) is 24.7. The van der Waals surface area contributed by atoms with Crippen molar-refractivity contribution in [2.45, 2.75) is 60.9 Å². The van der Waals surface area contributed by atoms with E-state index in [9.17, 15) is 0 Å². The van der Waals surface area contributed by atoms with Gasteiger partial charge in [0.1, 0.15) is 0 Å². The molecule has 0 aromatic heterocycles. The molecule has 4 radical (unpaired) electrons. The van der Waals surface area contributed by atoms with E-state index in [4.69, 9.17) is 5.73 Å². The van der Waals surface area contributed by atoms with Crippen molar-refractivity contribution in [3.8, 4) is 0 Å². The molecule has 144 valence electrons. The zero-order valence-electron chi connectivity index (χ0n) is 17.4. The van der Waals surface area contributed by atoms with Gasteiger partial charge in [-0.25, -0.2) is 0 Å². The maximum atomic E-state index is 6.94. The minimum Gasteiger partial charge on any atom is -1.00 e. The SMILES string of the molecule is CC(C)(C)[NH-].Cc1cc(C)c2c(C)c(C)[cH-]c2c1C.[CH3-].[CH3-].[Cl-].[Cl-].[Si].[Ti+2]. The second kappa shape index (κ2) is 15.4. The number of benzene rings is 1. The minimum absolute atomic E-state index is 0. The summed E-state index contributed by atoms with van der Waals surface area (Å²) in [4.78, 5) is 0. The Labute approximate surface area is 189 Å². The molecule has 0 aliphatic carbocycles. The summed E-state index contributed by atoms with van der Waals surface area (Å²) in [6.07, 6.45) is 0. The summed E-state index contributed by atoms with van der Waals surface area (Å²) in [5.74, 6) is 0. The van der Waals surface area contributed by atoms with Crippen molar-refractivity contribution in [3.63, 3.8) is 0 Å². The maximum absolute atomic E-state index is 6.94. The van der Waals surface area contributed by atoms with Crippen LogP contribution in [0.25, 0.3) is 16.5 Å². The van der Waals surface area contributed by atoms with Gasteiger partial charge in [0.05, 0.1) is 0 Å². The van der Waals surface area contributed by atoms with E-state index < -0.39 is 0 Å². The molecule has 0 heterocycles. The molecule has 0 amide bonds. The van der Waals surface area contributed by atoms with Gasteiger partial charge in [0, 0.05) is 11.0 Å². The third kappa shape index (κ3) is 11.6. The smallest absolute Gasteiger partial charge is 1.00 e. The monoisotopic (exact) mass is 433 g/mol. The molecule has 2 aromatic carbocycles. The van der Waals surface area contributed by atoms with Crippen molar-refractivity contribution in [3.05, 3.63) is 60.5 Å². The van der Waals surface area contributed by atoms with Gasteiger partial charge < -0.3 is 45.4 Å². The van der Waals surface area contributed by atoms with Crippen LogP contribution in [0.15, 0.2) is 12.1 Å². The molecule has 0 saturated carbocycles. The molecule has 0 fully saturated rings. The second-order valence-electron chi connectivity index (χ2n) is 6.63. The molecule has 0 saturated heterocycles. The summed E-state index contributed by atoms with van der Waals surface area (Å²) in [6.45, 7) is 16.6. The van der Waals surface area contributed by atoms with Crippen LogP contribution in [-0.2, 0) is 21.7 Å². The molecule has 2 aromatic rings. The van der Waals surface area contributed by atoms with Crippen LogP contribution < -0.4 is 24.8 Å². The largest absolute Gasteiger partial charge is 2.00 e. The average molecular weight is 434 g/mol. The van der Waals surface area contributed by atoms with Crippen LogP contribution in [0.5, 0.6) is 0 Å². The fourth-order valence-electron chi connectivity index (χ4n) is 2.32. The number of halogens is 2. The van der Waals surface area contributed by atoms with E-state index in [1.807, 2.05) is 20.8 Å². The third-order valence-electron chi connectivity index (χ3n) is 3.42. The molecule has 0 unspecified atom stereocenters. The van der Waals surface area contributed by atoms with Crippen LogP contribution in [0, 0.1) is 49.5 Å². The first kappa shape index (κ1) is 40.1. The van der Waals surface area contributed by atoms with Gasteiger partial charge in [-0.15, -0.1) is 33.5 Å². The van der Waals surface area contributed by atoms with Crippen LogP contribution in [-0.4, -0.2) is 16.5 Å². The van der Waals surface area contributed by atoms with Gasteiger partial charge in [-0.05, 0) is 13.8 Å². The first-order chi connectivity index (χ1) is 8.52. The fraction of sp³-hybridized carbons (Fsp3) is 0.450. The first-order valence-electron chi connectivity index (χ1n) is 6.90. The summed E-state index contributed by atoms with van der Waals surface area (Å²) in [5, 5.41) is 2.91. The number of hydrogen-bond donors (Lipinski definition) is 0. The Bertz CT molecular complexity index is 596. The molecule has 25 heavy (non-hydrogen) atoms. The molecular weight excluding hydrogens is 401 g/mol. The van der Waals surface area contributed by atoms with Crippen molar-refractivity contribution < 1.29 is 46.5 Å². The first-order valence-corrected chi connectivity index (χ1v) is 6.90. The van der Waals surface area contributed by atoms with E-state index in [2.05, 4.69) is 46.8 Å².